The van der Waals surface area contributed by atoms with E-state index < -0.39 is 0 Å². The highest BCUT2D eigenvalue weighted by Gasteiger charge is 2.41. The molecule has 2 rings (SSSR count). The average molecular weight is 184 g/mol. The van der Waals surface area contributed by atoms with Gasteiger partial charge in [0.25, 0.3) is 0 Å². The highest BCUT2D eigenvalue weighted by atomic mass is 16.3. The molecule has 0 aromatic heterocycles. The third kappa shape index (κ3) is 2.42. The Morgan fingerprint density at radius 2 is 2.00 bits per heavy atom. The Morgan fingerprint density at radius 3 is 2.54 bits per heavy atom. The van der Waals surface area contributed by atoms with Crippen LogP contribution in [0.15, 0.2) is 0 Å². The molecule has 1 aliphatic heterocycles. The van der Waals surface area contributed by atoms with Crippen molar-refractivity contribution in [3.05, 3.63) is 0 Å². The molecule has 3 nitrogen and oxygen atoms in total. The summed E-state index contributed by atoms with van der Waals surface area (Å²) in [6.07, 6.45) is 4.89. The summed E-state index contributed by atoms with van der Waals surface area (Å²) < 4.78 is 0. The first-order chi connectivity index (χ1) is 6.35. The van der Waals surface area contributed by atoms with E-state index in [-0.39, 0.29) is 5.54 Å². The second-order valence-electron chi connectivity index (χ2n) is 4.51. The summed E-state index contributed by atoms with van der Waals surface area (Å²) in [6, 6.07) is 0. The Labute approximate surface area is 79.9 Å². The molecule has 2 fully saturated rings. The lowest BCUT2D eigenvalue weighted by atomic mass is 9.98. The molecule has 3 heteroatoms. The number of hydrogen-bond donors (Lipinski definition) is 3. The van der Waals surface area contributed by atoms with Crippen molar-refractivity contribution in [2.75, 3.05) is 26.2 Å². The summed E-state index contributed by atoms with van der Waals surface area (Å²) in [7, 11) is 0. The summed E-state index contributed by atoms with van der Waals surface area (Å²) in [6.45, 7) is 3.75. The fourth-order valence-corrected chi connectivity index (χ4v) is 1.99. The largest absolute Gasteiger partial charge is 0.394 e. The molecule has 0 amide bonds. The summed E-state index contributed by atoms with van der Waals surface area (Å²) in [5.74, 6) is 0.824. The van der Waals surface area contributed by atoms with Crippen LogP contribution in [-0.4, -0.2) is 36.9 Å². The van der Waals surface area contributed by atoms with Crippen LogP contribution in [0.25, 0.3) is 0 Å². The number of hydrogen-bond acceptors (Lipinski definition) is 3. The van der Waals surface area contributed by atoms with Crippen molar-refractivity contribution in [1.82, 2.24) is 10.6 Å². The van der Waals surface area contributed by atoms with E-state index in [9.17, 15) is 0 Å². The predicted octanol–water partition coefficient (Wildman–Crippen LogP) is 0.100. The molecule has 1 heterocycles. The molecule has 0 atom stereocenters. The van der Waals surface area contributed by atoms with E-state index >= 15 is 0 Å². The Kier molecular flexibility index (Phi) is 2.86. The third-order valence-corrected chi connectivity index (χ3v) is 3.38. The van der Waals surface area contributed by atoms with Crippen LogP contribution < -0.4 is 10.6 Å². The van der Waals surface area contributed by atoms with Crippen LogP contribution in [0.3, 0.4) is 0 Å². The monoisotopic (exact) mass is 184 g/mol. The van der Waals surface area contributed by atoms with E-state index in [1.54, 1.807) is 0 Å². The van der Waals surface area contributed by atoms with Gasteiger partial charge in [-0.2, -0.15) is 0 Å². The van der Waals surface area contributed by atoms with E-state index in [0.29, 0.717) is 6.61 Å². The highest BCUT2D eigenvalue weighted by molar-refractivity contribution is 5.01. The predicted molar refractivity (Wildman–Crippen MR) is 52.6 cm³/mol. The molecule has 2 aliphatic rings. The molecule has 1 saturated carbocycles. The number of aliphatic hydroxyl groups excluding tert-OH is 1. The molecule has 1 aliphatic carbocycles. The van der Waals surface area contributed by atoms with Gasteiger partial charge < -0.3 is 15.7 Å². The molecule has 3 N–H and O–H groups in total. The zero-order valence-electron chi connectivity index (χ0n) is 8.18. The maximum Gasteiger partial charge on any atom is 0.0613 e. The van der Waals surface area contributed by atoms with Gasteiger partial charge in [-0.1, -0.05) is 0 Å². The smallest absolute Gasteiger partial charge is 0.0613 e. The molecule has 76 valence electrons. The van der Waals surface area contributed by atoms with Crippen LogP contribution in [0.1, 0.15) is 25.7 Å². The average Bonchev–Trinajstić information content (AvgIpc) is 2.97. The summed E-state index contributed by atoms with van der Waals surface area (Å²) in [5, 5.41) is 16.0. The molecule has 0 aromatic carbocycles. The van der Waals surface area contributed by atoms with Crippen LogP contribution in [0.4, 0.5) is 0 Å². The molecule has 0 unspecified atom stereocenters. The first-order valence-electron chi connectivity index (χ1n) is 5.41. The lowest BCUT2D eigenvalue weighted by Crippen LogP contribution is -2.41. The van der Waals surface area contributed by atoms with Crippen LogP contribution in [0, 0.1) is 5.92 Å². The first kappa shape index (κ1) is 9.44. The lowest BCUT2D eigenvalue weighted by molar-refractivity contribution is 0.219. The number of nitrogens with one attached hydrogen (secondary N) is 2. The number of aliphatic hydroxyl groups is 1. The normalized spacial score (nSPS) is 27.5. The second-order valence-corrected chi connectivity index (χ2v) is 4.51. The standard InChI is InChI=1S/C10H20N2O/c13-8-10(3-4-10)12-7-9-1-5-11-6-2-9/h9,11-13H,1-8H2. The van der Waals surface area contributed by atoms with Gasteiger partial charge in [0.15, 0.2) is 0 Å². The van der Waals surface area contributed by atoms with Gasteiger partial charge in [0.05, 0.1) is 6.61 Å². The summed E-state index contributed by atoms with van der Waals surface area (Å²) >= 11 is 0. The zero-order valence-corrected chi connectivity index (χ0v) is 8.18. The van der Waals surface area contributed by atoms with Gasteiger partial charge in [0, 0.05) is 5.54 Å². The van der Waals surface area contributed by atoms with Crippen LogP contribution in [-0.2, 0) is 0 Å². The number of piperidine rings is 1. The van der Waals surface area contributed by atoms with Crippen molar-refractivity contribution in [2.24, 2.45) is 5.92 Å². The maximum absolute atomic E-state index is 9.11. The van der Waals surface area contributed by atoms with E-state index in [4.69, 9.17) is 5.11 Å². The van der Waals surface area contributed by atoms with Gasteiger partial charge in [-0.15, -0.1) is 0 Å². The van der Waals surface area contributed by atoms with Crippen molar-refractivity contribution < 1.29 is 5.11 Å². The van der Waals surface area contributed by atoms with Crippen LogP contribution in [0.5, 0.6) is 0 Å². The van der Waals surface area contributed by atoms with Crippen molar-refractivity contribution in [3.63, 3.8) is 0 Å². The van der Waals surface area contributed by atoms with Gasteiger partial charge in [-0.05, 0) is 51.2 Å². The van der Waals surface area contributed by atoms with E-state index in [1.165, 1.54) is 25.9 Å². The SMILES string of the molecule is OCC1(NCC2CCNCC2)CC1. The first-order valence-corrected chi connectivity index (χ1v) is 5.41. The van der Waals surface area contributed by atoms with E-state index in [0.717, 1.165) is 25.3 Å². The van der Waals surface area contributed by atoms with Gasteiger partial charge in [-0.3, -0.25) is 0 Å². The Morgan fingerprint density at radius 1 is 1.31 bits per heavy atom. The molecule has 0 bridgehead atoms. The summed E-state index contributed by atoms with van der Waals surface area (Å²) in [5.41, 5.74) is 0.130. The Bertz CT molecular complexity index is 162. The Hall–Kier alpha value is -0.120. The minimum absolute atomic E-state index is 0.130. The molecular formula is C10H20N2O. The van der Waals surface area contributed by atoms with Gasteiger partial charge in [0.1, 0.15) is 0 Å². The highest BCUT2D eigenvalue weighted by Crippen LogP contribution is 2.34. The van der Waals surface area contributed by atoms with Crippen LogP contribution >= 0.6 is 0 Å². The van der Waals surface area contributed by atoms with E-state index in [1.807, 2.05) is 0 Å². The van der Waals surface area contributed by atoms with E-state index in [2.05, 4.69) is 10.6 Å². The molecular weight excluding hydrogens is 164 g/mol. The fraction of sp³-hybridized carbons (Fsp3) is 1.00. The number of rotatable bonds is 4. The van der Waals surface area contributed by atoms with Crippen molar-refractivity contribution >= 4 is 0 Å². The zero-order chi connectivity index (χ0) is 9.15. The second kappa shape index (κ2) is 3.95. The molecule has 13 heavy (non-hydrogen) atoms. The van der Waals surface area contributed by atoms with Gasteiger partial charge in [0.2, 0.25) is 0 Å². The van der Waals surface area contributed by atoms with Crippen molar-refractivity contribution in [1.29, 1.82) is 0 Å². The quantitative estimate of drug-likeness (QED) is 0.580. The van der Waals surface area contributed by atoms with Gasteiger partial charge in [-0.25, -0.2) is 0 Å². The van der Waals surface area contributed by atoms with Gasteiger partial charge >= 0.3 is 0 Å². The van der Waals surface area contributed by atoms with Crippen molar-refractivity contribution in [3.8, 4) is 0 Å². The molecule has 0 radical (unpaired) electrons. The third-order valence-electron chi connectivity index (χ3n) is 3.38. The minimum atomic E-state index is 0.130. The topological polar surface area (TPSA) is 44.3 Å². The van der Waals surface area contributed by atoms with Crippen molar-refractivity contribution in [2.45, 2.75) is 31.2 Å². The maximum atomic E-state index is 9.11. The molecule has 1 saturated heterocycles. The molecule has 0 aromatic rings. The molecule has 0 spiro atoms. The minimum Gasteiger partial charge on any atom is -0.394 e. The fourth-order valence-electron chi connectivity index (χ4n) is 1.99. The van der Waals surface area contributed by atoms with Crippen LogP contribution in [0.2, 0.25) is 0 Å². The summed E-state index contributed by atoms with van der Waals surface area (Å²) in [4.78, 5) is 0. The lowest BCUT2D eigenvalue weighted by Gasteiger charge is -2.25. The Balaban J connectivity index is 1.66.